The van der Waals surface area contributed by atoms with Gasteiger partial charge >= 0.3 is 0 Å². The Morgan fingerprint density at radius 2 is 1.83 bits per heavy atom. The molecule has 0 unspecified atom stereocenters. The van der Waals surface area contributed by atoms with Gasteiger partial charge in [0.25, 0.3) is 0 Å². The molecule has 3 aromatic rings. The third-order valence-corrected chi connectivity index (χ3v) is 5.83. The molecule has 0 aliphatic carbocycles. The summed E-state index contributed by atoms with van der Waals surface area (Å²) >= 11 is 12.0. The largest absolute Gasteiger partial charge is 0.338 e. The second kappa shape index (κ2) is 9.16. The van der Waals surface area contributed by atoms with E-state index in [-0.39, 0.29) is 11.8 Å². The minimum Gasteiger partial charge on any atom is -0.338 e. The molecule has 4 rings (SSSR count). The van der Waals surface area contributed by atoms with Gasteiger partial charge in [0.2, 0.25) is 17.6 Å². The summed E-state index contributed by atoms with van der Waals surface area (Å²) in [4.78, 5) is 19.4. The summed E-state index contributed by atoms with van der Waals surface area (Å²) in [6.45, 7) is 4.12. The molecule has 0 spiro atoms. The predicted molar refractivity (Wildman–Crippen MR) is 118 cm³/mol. The number of carbonyl (C=O) groups excluding carboxylic acids is 1. The Morgan fingerprint density at radius 1 is 1.13 bits per heavy atom. The number of amides is 1. The number of nitrogens with one attached hydrogen (secondary N) is 1. The molecule has 156 valence electrons. The van der Waals surface area contributed by atoms with Crippen molar-refractivity contribution >= 4 is 34.8 Å². The van der Waals surface area contributed by atoms with Gasteiger partial charge in [-0.3, -0.25) is 9.69 Å². The average molecular weight is 445 g/mol. The molecule has 2 aromatic carbocycles. The van der Waals surface area contributed by atoms with Crippen molar-refractivity contribution in [3.8, 4) is 11.4 Å². The first-order valence-corrected chi connectivity index (χ1v) is 10.6. The van der Waals surface area contributed by atoms with Crippen LogP contribution in [0.5, 0.6) is 0 Å². The fourth-order valence-electron chi connectivity index (χ4n) is 3.54. The van der Waals surface area contributed by atoms with E-state index in [1.807, 2.05) is 31.2 Å². The van der Waals surface area contributed by atoms with Crippen LogP contribution in [0.2, 0.25) is 10.0 Å². The second-order valence-corrected chi connectivity index (χ2v) is 8.39. The summed E-state index contributed by atoms with van der Waals surface area (Å²) in [5.74, 6) is 1.14. The quantitative estimate of drug-likeness (QED) is 0.585. The normalized spacial score (nSPS) is 15.3. The molecule has 8 heteroatoms. The van der Waals surface area contributed by atoms with E-state index in [0.717, 1.165) is 42.7 Å². The first-order chi connectivity index (χ1) is 14.5. The molecular formula is C22H22Cl2N4O2. The Kier molecular flexibility index (Phi) is 6.37. The van der Waals surface area contributed by atoms with Crippen LogP contribution in [0.15, 0.2) is 47.0 Å². The van der Waals surface area contributed by atoms with Gasteiger partial charge in [0.15, 0.2) is 0 Å². The molecule has 0 bridgehead atoms. The maximum atomic E-state index is 12.7. The van der Waals surface area contributed by atoms with Crippen molar-refractivity contribution in [2.45, 2.75) is 26.3 Å². The Morgan fingerprint density at radius 3 is 2.57 bits per heavy atom. The first kappa shape index (κ1) is 20.8. The van der Waals surface area contributed by atoms with Gasteiger partial charge in [0.05, 0.1) is 6.54 Å². The van der Waals surface area contributed by atoms with Gasteiger partial charge in [-0.2, -0.15) is 4.98 Å². The number of aryl methyl sites for hydroxylation is 1. The van der Waals surface area contributed by atoms with E-state index < -0.39 is 0 Å². The van der Waals surface area contributed by atoms with Crippen LogP contribution < -0.4 is 5.32 Å². The predicted octanol–water partition coefficient (Wildman–Crippen LogP) is 5.20. The second-order valence-electron chi connectivity index (χ2n) is 7.52. The lowest BCUT2D eigenvalue weighted by Gasteiger charge is -2.30. The number of hydrogen-bond donors (Lipinski definition) is 1. The Bertz CT molecular complexity index is 1030. The lowest BCUT2D eigenvalue weighted by atomic mass is 9.95. The molecule has 6 nitrogen and oxygen atoms in total. The number of anilines is 1. The standard InChI is InChI=1S/C22H22Cl2N4O2/c1-14-2-5-18(24)12-19(14)25-22(29)16-8-10-28(11-9-16)13-20-26-21(27-30-20)15-3-6-17(23)7-4-15/h2-7,12,16H,8-11,13H2,1H3,(H,25,29). The molecule has 30 heavy (non-hydrogen) atoms. The topological polar surface area (TPSA) is 71.3 Å². The van der Waals surface area contributed by atoms with Gasteiger partial charge in [-0.1, -0.05) is 34.4 Å². The third-order valence-electron chi connectivity index (χ3n) is 5.35. The highest BCUT2D eigenvalue weighted by atomic mass is 35.5. The number of likely N-dealkylation sites (tertiary alicyclic amines) is 1. The minimum atomic E-state index is -0.0213. The number of hydrogen-bond acceptors (Lipinski definition) is 5. The molecule has 0 radical (unpaired) electrons. The molecule has 1 amide bonds. The van der Waals surface area contributed by atoms with Crippen LogP contribution in [0.25, 0.3) is 11.4 Å². The van der Waals surface area contributed by atoms with Crippen LogP contribution >= 0.6 is 23.2 Å². The number of benzene rings is 2. The van der Waals surface area contributed by atoms with Crippen molar-refractivity contribution in [2.24, 2.45) is 5.92 Å². The molecule has 1 fully saturated rings. The van der Waals surface area contributed by atoms with Crippen molar-refractivity contribution in [2.75, 3.05) is 18.4 Å². The van der Waals surface area contributed by atoms with Crippen LogP contribution in [-0.4, -0.2) is 34.0 Å². The summed E-state index contributed by atoms with van der Waals surface area (Å²) in [5.41, 5.74) is 2.63. The van der Waals surface area contributed by atoms with Crippen LogP contribution in [0, 0.1) is 12.8 Å². The molecule has 1 N–H and O–H groups in total. The zero-order valence-corrected chi connectivity index (χ0v) is 18.1. The number of carbonyl (C=O) groups is 1. The fraction of sp³-hybridized carbons (Fsp3) is 0.318. The molecule has 1 aliphatic heterocycles. The lowest BCUT2D eigenvalue weighted by molar-refractivity contribution is -0.121. The lowest BCUT2D eigenvalue weighted by Crippen LogP contribution is -2.37. The average Bonchev–Trinajstić information content (AvgIpc) is 3.20. The monoisotopic (exact) mass is 444 g/mol. The van der Waals surface area contributed by atoms with Crippen molar-refractivity contribution in [3.63, 3.8) is 0 Å². The molecular weight excluding hydrogens is 423 g/mol. The summed E-state index contributed by atoms with van der Waals surface area (Å²) in [7, 11) is 0. The van der Waals surface area contributed by atoms with Gasteiger partial charge in [-0.25, -0.2) is 0 Å². The van der Waals surface area contributed by atoms with Crippen LogP contribution in [-0.2, 0) is 11.3 Å². The molecule has 1 aromatic heterocycles. The number of aromatic nitrogens is 2. The van der Waals surface area contributed by atoms with E-state index in [2.05, 4.69) is 20.4 Å². The smallest absolute Gasteiger partial charge is 0.241 e. The zero-order chi connectivity index (χ0) is 21.1. The highest BCUT2D eigenvalue weighted by Crippen LogP contribution is 2.25. The van der Waals surface area contributed by atoms with Crippen LogP contribution in [0.1, 0.15) is 24.3 Å². The van der Waals surface area contributed by atoms with Gasteiger partial charge < -0.3 is 9.84 Å². The van der Waals surface area contributed by atoms with Crippen LogP contribution in [0.4, 0.5) is 5.69 Å². The maximum Gasteiger partial charge on any atom is 0.241 e. The Hall–Kier alpha value is -2.41. The Labute approximate surface area is 185 Å². The van der Waals surface area contributed by atoms with E-state index in [9.17, 15) is 4.79 Å². The molecule has 0 saturated carbocycles. The zero-order valence-electron chi connectivity index (χ0n) is 16.6. The number of halogens is 2. The van der Waals surface area contributed by atoms with Crippen LogP contribution in [0.3, 0.4) is 0 Å². The summed E-state index contributed by atoms with van der Waals surface area (Å²) in [6, 6.07) is 12.8. The minimum absolute atomic E-state index is 0.0213. The Balaban J connectivity index is 1.30. The third kappa shape index (κ3) is 5.01. The van der Waals surface area contributed by atoms with Crippen molar-refractivity contribution in [3.05, 3.63) is 64.0 Å². The van der Waals surface area contributed by atoms with Gasteiger partial charge in [-0.15, -0.1) is 0 Å². The van der Waals surface area contributed by atoms with E-state index in [0.29, 0.717) is 28.3 Å². The number of rotatable bonds is 5. The van der Waals surface area contributed by atoms with Gasteiger partial charge in [0.1, 0.15) is 0 Å². The van der Waals surface area contributed by atoms with Crippen molar-refractivity contribution in [1.29, 1.82) is 0 Å². The van der Waals surface area contributed by atoms with Gasteiger partial charge in [-0.05, 0) is 74.8 Å². The van der Waals surface area contributed by atoms with E-state index in [1.165, 1.54) is 0 Å². The van der Waals surface area contributed by atoms with E-state index >= 15 is 0 Å². The highest BCUT2D eigenvalue weighted by Gasteiger charge is 2.26. The summed E-state index contributed by atoms with van der Waals surface area (Å²) < 4.78 is 5.40. The molecule has 1 aliphatic rings. The summed E-state index contributed by atoms with van der Waals surface area (Å²) in [5, 5.41) is 8.36. The SMILES string of the molecule is Cc1ccc(Cl)cc1NC(=O)C1CCN(Cc2nc(-c3ccc(Cl)cc3)no2)CC1. The molecule has 1 saturated heterocycles. The molecule has 2 heterocycles. The van der Waals surface area contributed by atoms with Crippen molar-refractivity contribution < 1.29 is 9.32 Å². The number of nitrogens with zero attached hydrogens (tertiary/aromatic N) is 3. The van der Waals surface area contributed by atoms with E-state index in [4.69, 9.17) is 27.7 Å². The fourth-order valence-corrected chi connectivity index (χ4v) is 3.84. The summed E-state index contributed by atoms with van der Waals surface area (Å²) in [6.07, 6.45) is 1.56. The highest BCUT2D eigenvalue weighted by molar-refractivity contribution is 6.31. The number of piperidine rings is 1. The van der Waals surface area contributed by atoms with Crippen molar-refractivity contribution in [1.82, 2.24) is 15.0 Å². The molecule has 0 atom stereocenters. The van der Waals surface area contributed by atoms with E-state index in [1.54, 1.807) is 18.2 Å². The maximum absolute atomic E-state index is 12.7. The van der Waals surface area contributed by atoms with Gasteiger partial charge in [0, 0.05) is 27.2 Å². The first-order valence-electron chi connectivity index (χ1n) is 9.86.